The number of hydrogen-bond acceptors (Lipinski definition) is 3. The monoisotopic (exact) mass is 393 g/mol. The summed E-state index contributed by atoms with van der Waals surface area (Å²) in [7, 11) is 0. The molecule has 3 unspecified atom stereocenters. The molecular weight excluding hydrogens is 368 g/mol. The molecule has 1 aliphatic heterocycles. The molecule has 0 radical (unpaired) electrons. The number of carbonyl (C=O) groups excluding carboxylic acids is 3. The molecule has 8 heteroatoms. The first kappa shape index (κ1) is 20.2. The Hall–Kier alpha value is -2.51. The van der Waals surface area contributed by atoms with Crippen LogP contribution in [0.3, 0.4) is 0 Å². The highest BCUT2D eigenvalue weighted by molar-refractivity contribution is 5.99. The second-order valence-electron chi connectivity index (χ2n) is 7.49. The number of carbonyl (C=O) groups is 3. The van der Waals surface area contributed by atoms with Crippen molar-refractivity contribution in [3.05, 3.63) is 29.8 Å². The summed E-state index contributed by atoms with van der Waals surface area (Å²) >= 11 is 0. The molecule has 0 bridgehead atoms. The van der Waals surface area contributed by atoms with E-state index in [0.29, 0.717) is 25.8 Å². The van der Waals surface area contributed by atoms with Gasteiger partial charge in [0, 0.05) is 30.3 Å². The number of halogens is 2. The van der Waals surface area contributed by atoms with Gasteiger partial charge in [0.2, 0.25) is 11.8 Å². The van der Waals surface area contributed by atoms with Crippen molar-refractivity contribution >= 4 is 23.5 Å². The van der Waals surface area contributed by atoms with E-state index in [2.05, 4.69) is 17.6 Å². The quantitative estimate of drug-likeness (QED) is 0.727. The molecule has 152 valence electrons. The van der Waals surface area contributed by atoms with Crippen LogP contribution >= 0.6 is 0 Å². The molecule has 2 fully saturated rings. The Morgan fingerprint density at radius 3 is 2.71 bits per heavy atom. The summed E-state index contributed by atoms with van der Waals surface area (Å²) in [5.74, 6) is -3.22. The fourth-order valence-corrected chi connectivity index (χ4v) is 3.95. The number of nitrogens with zero attached hydrogens (tertiary/aromatic N) is 1. The average molecular weight is 393 g/mol. The van der Waals surface area contributed by atoms with Crippen LogP contribution in [0.2, 0.25) is 0 Å². The number of rotatable bonds is 6. The molecule has 1 saturated heterocycles. The van der Waals surface area contributed by atoms with Gasteiger partial charge in [0.05, 0.1) is 5.92 Å². The molecule has 1 heterocycles. The van der Waals surface area contributed by atoms with Gasteiger partial charge in [-0.2, -0.15) is 0 Å². The highest BCUT2D eigenvalue weighted by Gasteiger charge is 2.45. The van der Waals surface area contributed by atoms with Crippen molar-refractivity contribution < 1.29 is 23.2 Å². The predicted octanol–water partition coefficient (Wildman–Crippen LogP) is 3.43. The molecule has 0 spiro atoms. The van der Waals surface area contributed by atoms with Crippen LogP contribution in [0.25, 0.3) is 0 Å². The van der Waals surface area contributed by atoms with Gasteiger partial charge in [-0.05, 0) is 37.8 Å². The van der Waals surface area contributed by atoms with Gasteiger partial charge in [0.15, 0.2) is 11.6 Å². The number of anilines is 1. The number of urea groups is 1. The van der Waals surface area contributed by atoms with E-state index in [9.17, 15) is 23.2 Å². The maximum absolute atomic E-state index is 13.3. The molecular formula is C20H25F2N3O3. The first-order valence-corrected chi connectivity index (χ1v) is 9.78. The number of nitrogens with one attached hydrogen (secondary N) is 2. The lowest BCUT2D eigenvalue weighted by molar-refractivity contribution is -0.138. The zero-order chi connectivity index (χ0) is 20.3. The number of imide groups is 1. The number of hydrogen-bond donors (Lipinski definition) is 2. The molecule has 0 aromatic heterocycles. The van der Waals surface area contributed by atoms with Crippen LogP contribution in [0.1, 0.15) is 45.4 Å². The molecule has 2 N–H and O–H groups in total. The second kappa shape index (κ2) is 8.67. The molecule has 2 aliphatic rings. The molecule has 1 aromatic rings. The van der Waals surface area contributed by atoms with Gasteiger partial charge in [0.25, 0.3) is 0 Å². The summed E-state index contributed by atoms with van der Waals surface area (Å²) in [6, 6.07) is 2.40. The van der Waals surface area contributed by atoms with E-state index in [0.717, 1.165) is 31.4 Å². The minimum atomic E-state index is -1.03. The van der Waals surface area contributed by atoms with Crippen molar-refractivity contribution in [1.29, 1.82) is 0 Å². The largest absolute Gasteiger partial charge is 0.334 e. The minimum Gasteiger partial charge on any atom is -0.334 e. The van der Waals surface area contributed by atoms with Crippen LogP contribution in [0, 0.1) is 23.5 Å². The Labute approximate surface area is 162 Å². The Kier molecular flexibility index (Phi) is 6.26. The maximum Gasteiger partial charge on any atom is 0.324 e. The van der Waals surface area contributed by atoms with Crippen LogP contribution in [0.4, 0.5) is 19.3 Å². The second-order valence-corrected chi connectivity index (χ2v) is 7.49. The van der Waals surface area contributed by atoms with Gasteiger partial charge >= 0.3 is 6.03 Å². The third-order valence-corrected chi connectivity index (χ3v) is 5.53. The molecule has 6 nitrogen and oxygen atoms in total. The number of amides is 4. The molecule has 4 amide bonds. The Bertz CT molecular complexity index is 771. The zero-order valence-corrected chi connectivity index (χ0v) is 15.8. The molecule has 3 rings (SSSR count). The van der Waals surface area contributed by atoms with Crippen LogP contribution in [0.5, 0.6) is 0 Å². The van der Waals surface area contributed by atoms with E-state index in [4.69, 9.17) is 0 Å². The standard InChI is InChI=1S/C20H25F2N3O3/c1-2-3-4-9-25-19(27)14-7-5-12(10-17(14)24-20(25)28)18(26)23-13-6-8-15(21)16(22)11-13/h6,8,11-12,14,17H,2-5,7,9-10H2,1H3,(H,23,26)(H,24,28). The van der Waals surface area contributed by atoms with Gasteiger partial charge in [-0.25, -0.2) is 13.6 Å². The van der Waals surface area contributed by atoms with E-state index in [1.165, 1.54) is 11.0 Å². The topological polar surface area (TPSA) is 78.5 Å². The van der Waals surface area contributed by atoms with E-state index in [1.54, 1.807) is 0 Å². The van der Waals surface area contributed by atoms with Gasteiger partial charge in [-0.15, -0.1) is 0 Å². The van der Waals surface area contributed by atoms with Gasteiger partial charge in [0.1, 0.15) is 0 Å². The van der Waals surface area contributed by atoms with Crippen molar-refractivity contribution in [3.63, 3.8) is 0 Å². The summed E-state index contributed by atoms with van der Waals surface area (Å²) in [5, 5.41) is 5.45. The van der Waals surface area contributed by atoms with E-state index in [-0.39, 0.29) is 29.5 Å². The van der Waals surface area contributed by atoms with Crippen LogP contribution in [-0.4, -0.2) is 35.3 Å². The van der Waals surface area contributed by atoms with Crippen LogP contribution in [0.15, 0.2) is 18.2 Å². The lowest BCUT2D eigenvalue weighted by Gasteiger charge is -2.42. The predicted molar refractivity (Wildman–Crippen MR) is 99.4 cm³/mol. The molecule has 1 aromatic carbocycles. The van der Waals surface area contributed by atoms with Crippen LogP contribution < -0.4 is 10.6 Å². The van der Waals surface area contributed by atoms with Gasteiger partial charge < -0.3 is 10.6 Å². The van der Waals surface area contributed by atoms with Crippen LogP contribution in [-0.2, 0) is 9.59 Å². The number of benzene rings is 1. The third kappa shape index (κ3) is 4.31. The lowest BCUT2D eigenvalue weighted by Crippen LogP contribution is -2.62. The third-order valence-electron chi connectivity index (χ3n) is 5.53. The SMILES string of the molecule is CCCCCN1C(=O)NC2CC(C(=O)Nc3ccc(F)c(F)c3)CCC2C1=O. The van der Waals surface area contributed by atoms with E-state index >= 15 is 0 Å². The average Bonchev–Trinajstić information content (AvgIpc) is 2.67. The normalized spacial score (nSPS) is 24.5. The fourth-order valence-electron chi connectivity index (χ4n) is 3.95. The maximum atomic E-state index is 13.3. The van der Waals surface area contributed by atoms with Gasteiger partial charge in [-0.3, -0.25) is 14.5 Å². The van der Waals surface area contributed by atoms with E-state index < -0.39 is 23.6 Å². The number of fused-ring (bicyclic) bond motifs is 1. The number of unbranched alkanes of at least 4 members (excludes halogenated alkanes) is 2. The van der Waals surface area contributed by atoms with Crippen molar-refractivity contribution in [2.45, 2.75) is 51.5 Å². The van der Waals surface area contributed by atoms with Crippen molar-refractivity contribution in [3.8, 4) is 0 Å². The summed E-state index contributed by atoms with van der Waals surface area (Å²) in [6.07, 6.45) is 4.10. The summed E-state index contributed by atoms with van der Waals surface area (Å²) in [4.78, 5) is 38.8. The Balaban J connectivity index is 1.60. The first-order chi connectivity index (χ1) is 13.4. The molecule has 3 atom stereocenters. The van der Waals surface area contributed by atoms with Crippen molar-refractivity contribution in [2.24, 2.45) is 11.8 Å². The van der Waals surface area contributed by atoms with Crippen molar-refractivity contribution in [2.75, 3.05) is 11.9 Å². The fraction of sp³-hybridized carbons (Fsp3) is 0.550. The zero-order valence-electron chi connectivity index (χ0n) is 15.8. The van der Waals surface area contributed by atoms with Gasteiger partial charge in [-0.1, -0.05) is 19.8 Å². The summed E-state index contributed by atoms with van der Waals surface area (Å²) in [5.41, 5.74) is 0.178. The molecule has 28 heavy (non-hydrogen) atoms. The van der Waals surface area contributed by atoms with Crippen molar-refractivity contribution in [1.82, 2.24) is 10.2 Å². The Morgan fingerprint density at radius 1 is 1.21 bits per heavy atom. The smallest absolute Gasteiger partial charge is 0.324 e. The van der Waals surface area contributed by atoms with E-state index in [1.807, 2.05) is 0 Å². The molecule has 1 aliphatic carbocycles. The summed E-state index contributed by atoms with van der Waals surface area (Å²) in [6.45, 7) is 2.47. The first-order valence-electron chi connectivity index (χ1n) is 9.78. The highest BCUT2D eigenvalue weighted by atomic mass is 19.2. The minimum absolute atomic E-state index is 0.163. The molecule has 1 saturated carbocycles. The highest BCUT2D eigenvalue weighted by Crippen LogP contribution is 2.34. The lowest BCUT2D eigenvalue weighted by atomic mass is 9.76. The Morgan fingerprint density at radius 2 is 2.00 bits per heavy atom. The summed E-state index contributed by atoms with van der Waals surface area (Å²) < 4.78 is 26.3.